The Bertz CT molecular complexity index is 555. The fraction of sp³-hybridized carbons (Fsp3) is 0.214. The molecule has 19 heavy (non-hydrogen) atoms. The normalized spacial score (nSPS) is 10.2. The van der Waals surface area contributed by atoms with E-state index >= 15 is 0 Å². The maximum absolute atomic E-state index is 12.1. The first-order valence-electron chi connectivity index (χ1n) is 5.85. The molecular formula is C14H14BrNO2S. The molecule has 5 heteroatoms. The first-order valence-corrected chi connectivity index (χ1v) is 7.52. The van der Waals surface area contributed by atoms with E-state index in [4.69, 9.17) is 4.74 Å². The van der Waals surface area contributed by atoms with Crippen LogP contribution in [0, 0.1) is 0 Å². The Kier molecular flexibility index (Phi) is 4.99. The number of methoxy groups -OCH3 is 1. The molecule has 1 aromatic carbocycles. The van der Waals surface area contributed by atoms with E-state index < -0.39 is 0 Å². The Labute approximate surface area is 124 Å². The van der Waals surface area contributed by atoms with Crippen molar-refractivity contribution in [1.29, 1.82) is 0 Å². The third kappa shape index (κ3) is 3.81. The van der Waals surface area contributed by atoms with Crippen molar-refractivity contribution in [1.82, 2.24) is 5.32 Å². The molecule has 0 aliphatic heterocycles. The Morgan fingerprint density at radius 3 is 2.95 bits per heavy atom. The molecule has 0 spiro atoms. The van der Waals surface area contributed by atoms with Gasteiger partial charge in [-0.25, -0.2) is 0 Å². The third-order valence-electron chi connectivity index (χ3n) is 2.66. The highest BCUT2D eigenvalue weighted by atomic mass is 79.9. The molecule has 0 saturated carbocycles. The van der Waals surface area contributed by atoms with E-state index in [1.807, 2.05) is 23.6 Å². The molecule has 1 aromatic heterocycles. The summed E-state index contributed by atoms with van der Waals surface area (Å²) in [5.41, 5.74) is 0.588. The monoisotopic (exact) mass is 339 g/mol. The molecule has 0 bridgehead atoms. The molecule has 3 nitrogen and oxygen atoms in total. The number of ether oxygens (including phenoxy) is 1. The van der Waals surface area contributed by atoms with Gasteiger partial charge in [0.05, 0.1) is 12.7 Å². The van der Waals surface area contributed by atoms with Crippen LogP contribution in [0.25, 0.3) is 0 Å². The van der Waals surface area contributed by atoms with Crippen molar-refractivity contribution < 1.29 is 9.53 Å². The van der Waals surface area contributed by atoms with Crippen molar-refractivity contribution in [2.75, 3.05) is 13.7 Å². The SMILES string of the molecule is COc1ccc(Br)c(C(=O)NCCc2cccs2)c1. The molecule has 0 fully saturated rings. The lowest BCUT2D eigenvalue weighted by Gasteiger charge is -2.08. The fourth-order valence-corrected chi connectivity index (χ4v) is 2.79. The van der Waals surface area contributed by atoms with Gasteiger partial charge in [0.2, 0.25) is 0 Å². The third-order valence-corrected chi connectivity index (χ3v) is 4.28. The molecule has 0 unspecified atom stereocenters. The van der Waals surface area contributed by atoms with E-state index in [1.165, 1.54) is 4.88 Å². The summed E-state index contributed by atoms with van der Waals surface area (Å²) in [6.45, 7) is 0.628. The Morgan fingerprint density at radius 2 is 2.26 bits per heavy atom. The molecule has 1 N–H and O–H groups in total. The van der Waals surface area contributed by atoms with Gasteiger partial charge in [0.1, 0.15) is 5.75 Å². The van der Waals surface area contributed by atoms with Crippen LogP contribution in [0.4, 0.5) is 0 Å². The predicted molar refractivity (Wildman–Crippen MR) is 81.1 cm³/mol. The number of carbonyl (C=O) groups excluding carboxylic acids is 1. The second kappa shape index (κ2) is 6.73. The molecule has 1 heterocycles. The van der Waals surface area contributed by atoms with Crippen LogP contribution < -0.4 is 10.1 Å². The second-order valence-corrected chi connectivity index (χ2v) is 5.82. The molecule has 0 atom stereocenters. The molecule has 0 radical (unpaired) electrons. The van der Waals surface area contributed by atoms with Gasteiger partial charge in [0, 0.05) is 15.9 Å². The van der Waals surface area contributed by atoms with Crippen LogP contribution in [-0.4, -0.2) is 19.6 Å². The Balaban J connectivity index is 1.95. The van der Waals surface area contributed by atoms with Gasteiger partial charge in [-0.2, -0.15) is 0 Å². The summed E-state index contributed by atoms with van der Waals surface area (Å²) in [6.07, 6.45) is 0.852. The lowest BCUT2D eigenvalue weighted by atomic mass is 10.2. The van der Waals surface area contributed by atoms with Crippen LogP contribution in [0.2, 0.25) is 0 Å². The van der Waals surface area contributed by atoms with E-state index in [-0.39, 0.29) is 5.91 Å². The standard InChI is InChI=1S/C14H14BrNO2S/c1-18-10-4-5-13(15)12(9-10)14(17)16-7-6-11-3-2-8-19-11/h2-5,8-9H,6-7H2,1H3,(H,16,17). The zero-order valence-electron chi connectivity index (χ0n) is 10.5. The lowest BCUT2D eigenvalue weighted by molar-refractivity contribution is 0.0953. The quantitative estimate of drug-likeness (QED) is 0.905. The molecule has 2 aromatic rings. The van der Waals surface area contributed by atoms with Crippen molar-refractivity contribution in [3.05, 3.63) is 50.6 Å². The maximum Gasteiger partial charge on any atom is 0.252 e. The topological polar surface area (TPSA) is 38.3 Å². The number of rotatable bonds is 5. The van der Waals surface area contributed by atoms with Crippen LogP contribution in [-0.2, 0) is 6.42 Å². The average Bonchev–Trinajstić information content (AvgIpc) is 2.92. The van der Waals surface area contributed by atoms with Gasteiger partial charge in [0.25, 0.3) is 5.91 Å². The van der Waals surface area contributed by atoms with Crippen molar-refractivity contribution >= 4 is 33.2 Å². The van der Waals surface area contributed by atoms with Crippen LogP contribution in [0.15, 0.2) is 40.2 Å². The van der Waals surface area contributed by atoms with Gasteiger partial charge in [-0.05, 0) is 52.0 Å². The molecule has 0 saturated heterocycles. The highest BCUT2D eigenvalue weighted by Gasteiger charge is 2.10. The Hall–Kier alpha value is -1.33. The first-order chi connectivity index (χ1) is 9.20. The van der Waals surface area contributed by atoms with E-state index in [0.29, 0.717) is 17.9 Å². The molecular weight excluding hydrogens is 326 g/mol. The summed E-state index contributed by atoms with van der Waals surface area (Å²) in [6, 6.07) is 9.43. The number of halogens is 1. The van der Waals surface area contributed by atoms with Crippen molar-refractivity contribution in [3.8, 4) is 5.75 Å². The number of benzene rings is 1. The minimum Gasteiger partial charge on any atom is -0.497 e. The molecule has 0 aliphatic carbocycles. The van der Waals surface area contributed by atoms with E-state index in [0.717, 1.165) is 10.9 Å². The number of nitrogens with one attached hydrogen (secondary N) is 1. The fourth-order valence-electron chi connectivity index (χ4n) is 1.65. The Morgan fingerprint density at radius 1 is 1.42 bits per heavy atom. The van der Waals surface area contributed by atoms with Crippen LogP contribution in [0.5, 0.6) is 5.75 Å². The predicted octanol–water partition coefficient (Wildman–Crippen LogP) is 3.49. The average molecular weight is 340 g/mol. The van der Waals surface area contributed by atoms with E-state index in [2.05, 4.69) is 27.3 Å². The zero-order chi connectivity index (χ0) is 13.7. The van der Waals surface area contributed by atoms with Crippen LogP contribution in [0.1, 0.15) is 15.2 Å². The number of thiophene rings is 1. The van der Waals surface area contributed by atoms with Crippen molar-refractivity contribution in [2.45, 2.75) is 6.42 Å². The number of amides is 1. The number of hydrogen-bond donors (Lipinski definition) is 1. The minimum atomic E-state index is -0.0951. The number of hydrogen-bond acceptors (Lipinski definition) is 3. The second-order valence-electron chi connectivity index (χ2n) is 3.93. The van der Waals surface area contributed by atoms with Crippen molar-refractivity contribution in [2.24, 2.45) is 0 Å². The van der Waals surface area contributed by atoms with Gasteiger partial charge in [-0.15, -0.1) is 11.3 Å². The molecule has 0 aliphatic rings. The summed E-state index contributed by atoms with van der Waals surface area (Å²) in [7, 11) is 1.59. The van der Waals surface area contributed by atoms with E-state index in [1.54, 1.807) is 24.5 Å². The largest absolute Gasteiger partial charge is 0.497 e. The summed E-state index contributed by atoms with van der Waals surface area (Å²) >= 11 is 5.08. The van der Waals surface area contributed by atoms with E-state index in [9.17, 15) is 4.79 Å². The summed E-state index contributed by atoms with van der Waals surface area (Å²) in [4.78, 5) is 13.3. The first kappa shape index (κ1) is 14.1. The molecule has 2 rings (SSSR count). The lowest BCUT2D eigenvalue weighted by Crippen LogP contribution is -2.25. The number of carbonyl (C=O) groups is 1. The highest BCUT2D eigenvalue weighted by Crippen LogP contribution is 2.22. The summed E-state index contributed by atoms with van der Waals surface area (Å²) in [5.74, 6) is 0.578. The van der Waals surface area contributed by atoms with Gasteiger partial charge in [0.15, 0.2) is 0 Å². The van der Waals surface area contributed by atoms with Crippen molar-refractivity contribution in [3.63, 3.8) is 0 Å². The summed E-state index contributed by atoms with van der Waals surface area (Å²) < 4.78 is 5.89. The highest BCUT2D eigenvalue weighted by molar-refractivity contribution is 9.10. The van der Waals surface area contributed by atoms with Gasteiger partial charge < -0.3 is 10.1 Å². The molecule has 1 amide bonds. The zero-order valence-corrected chi connectivity index (χ0v) is 12.9. The van der Waals surface area contributed by atoms with Gasteiger partial charge >= 0.3 is 0 Å². The molecule has 100 valence electrons. The van der Waals surface area contributed by atoms with Gasteiger partial charge in [-0.3, -0.25) is 4.79 Å². The maximum atomic E-state index is 12.1. The van der Waals surface area contributed by atoms with Gasteiger partial charge in [-0.1, -0.05) is 6.07 Å². The smallest absolute Gasteiger partial charge is 0.252 e. The van der Waals surface area contributed by atoms with Crippen LogP contribution in [0.3, 0.4) is 0 Å². The minimum absolute atomic E-state index is 0.0951. The van der Waals surface area contributed by atoms with Crippen LogP contribution >= 0.6 is 27.3 Å². The summed E-state index contributed by atoms with van der Waals surface area (Å²) in [5, 5.41) is 4.95.